The van der Waals surface area contributed by atoms with Gasteiger partial charge in [-0.05, 0) is 56.9 Å². The number of anilines is 1. The van der Waals surface area contributed by atoms with E-state index in [1.54, 1.807) is 44.2 Å². The van der Waals surface area contributed by atoms with E-state index in [0.717, 1.165) is 32.1 Å². The minimum atomic E-state index is -4.53. The molecule has 0 amide bonds. The second-order valence-corrected chi connectivity index (χ2v) is 13.7. The first-order valence-electron chi connectivity index (χ1n) is 16.5. The number of para-hydroxylation sites is 1. The van der Waals surface area contributed by atoms with E-state index >= 15 is 0 Å². The van der Waals surface area contributed by atoms with Gasteiger partial charge < -0.3 is 29.2 Å². The zero-order chi connectivity index (χ0) is 35.9. The van der Waals surface area contributed by atoms with Crippen molar-refractivity contribution in [2.45, 2.75) is 102 Å². The summed E-state index contributed by atoms with van der Waals surface area (Å²) in [4.78, 5) is 42.6. The lowest BCUT2D eigenvalue weighted by Crippen LogP contribution is -2.49. The van der Waals surface area contributed by atoms with Crippen molar-refractivity contribution in [2.24, 2.45) is 0 Å². The number of rotatable bonds is 14. The zero-order valence-electron chi connectivity index (χ0n) is 28.1. The number of carbonyl (C=O) groups is 3. The second-order valence-electron chi connectivity index (χ2n) is 12.0. The van der Waals surface area contributed by atoms with Gasteiger partial charge in [-0.25, -0.2) is 14.1 Å². The van der Waals surface area contributed by atoms with Crippen molar-refractivity contribution in [1.29, 1.82) is 5.26 Å². The molecule has 5 rings (SSSR count). The molecule has 1 aliphatic heterocycles. The van der Waals surface area contributed by atoms with Crippen molar-refractivity contribution in [1.82, 2.24) is 19.7 Å². The Morgan fingerprint density at radius 3 is 2.46 bits per heavy atom. The van der Waals surface area contributed by atoms with Crippen molar-refractivity contribution in [3.05, 3.63) is 54.5 Å². The summed E-state index contributed by atoms with van der Waals surface area (Å²) in [6.45, 7) is 3.75. The number of ether oxygens (including phenoxy) is 4. The molecule has 3 N–H and O–H groups in total. The van der Waals surface area contributed by atoms with E-state index in [9.17, 15) is 24.2 Å². The Hall–Kier alpha value is -4.55. The fourth-order valence-electron chi connectivity index (χ4n) is 5.82. The van der Waals surface area contributed by atoms with Crippen LogP contribution in [0.3, 0.4) is 0 Å². The molecule has 3 aromatic rings. The molecule has 16 nitrogen and oxygen atoms in total. The Kier molecular flexibility index (Phi) is 11.7. The summed E-state index contributed by atoms with van der Waals surface area (Å²) in [5, 5.41) is 17.6. The van der Waals surface area contributed by atoms with Crippen LogP contribution in [0, 0.1) is 11.3 Å². The molecule has 17 heteroatoms. The van der Waals surface area contributed by atoms with Gasteiger partial charge in [0.1, 0.15) is 48.5 Å². The van der Waals surface area contributed by atoms with E-state index in [0.29, 0.717) is 11.2 Å². The van der Waals surface area contributed by atoms with Gasteiger partial charge in [0.25, 0.3) is 0 Å². The molecule has 1 aromatic carbocycles. The van der Waals surface area contributed by atoms with Crippen LogP contribution in [0.15, 0.2) is 48.8 Å². The van der Waals surface area contributed by atoms with Crippen molar-refractivity contribution >= 4 is 37.0 Å². The van der Waals surface area contributed by atoms with Crippen LogP contribution in [-0.2, 0) is 42.4 Å². The standard InChI is InChI=1S/C33H41N6O10P/c1-4-26(40)46-29-28(24-16-17-25-31(35)36-20-37-39(24)25)48-33(18-34,30(29)47-27(41)5-2)19-44-50(43,49-23-14-10-7-11-15-23)38-21(3)32(42)45-22-12-8-6-9-13-22/h7,10-11,14-17,20-22,28-30H,4-6,8-9,12-13,19H2,1-3H3,(H,38,43)(H2,35,36,37)/t21?,28-,29-,30-,33+,50-/m0/s1. The molecule has 2 aromatic heterocycles. The van der Waals surface area contributed by atoms with Crippen LogP contribution in [0.4, 0.5) is 5.82 Å². The number of nitrogens with zero attached hydrogens (tertiary/aromatic N) is 4. The van der Waals surface area contributed by atoms with Crippen LogP contribution >= 0.6 is 7.75 Å². The van der Waals surface area contributed by atoms with Gasteiger partial charge in [-0.2, -0.15) is 15.4 Å². The fraction of sp³-hybridized carbons (Fsp3) is 0.515. The molecule has 3 heterocycles. The van der Waals surface area contributed by atoms with E-state index in [-0.39, 0.29) is 30.5 Å². The van der Waals surface area contributed by atoms with Gasteiger partial charge in [0.15, 0.2) is 18.0 Å². The number of hydrogen-bond acceptors (Lipinski definition) is 14. The maximum absolute atomic E-state index is 14.5. The van der Waals surface area contributed by atoms with Gasteiger partial charge in [0.2, 0.25) is 5.60 Å². The first-order valence-corrected chi connectivity index (χ1v) is 18.1. The molecule has 268 valence electrons. The van der Waals surface area contributed by atoms with E-state index in [1.165, 1.54) is 29.9 Å². The number of fused-ring (bicyclic) bond motifs is 1. The van der Waals surface area contributed by atoms with Crippen LogP contribution in [-0.4, -0.2) is 69.1 Å². The number of nitrogens with one attached hydrogen (secondary N) is 1. The molecule has 0 radical (unpaired) electrons. The van der Waals surface area contributed by atoms with Crippen LogP contribution in [0.2, 0.25) is 0 Å². The van der Waals surface area contributed by atoms with E-state index in [4.69, 9.17) is 33.7 Å². The van der Waals surface area contributed by atoms with Gasteiger partial charge in [0.05, 0.1) is 5.69 Å². The first-order chi connectivity index (χ1) is 24.0. The number of benzene rings is 1. The molecule has 1 saturated heterocycles. The average Bonchev–Trinajstić information content (AvgIpc) is 3.68. The molecular weight excluding hydrogens is 671 g/mol. The van der Waals surface area contributed by atoms with Gasteiger partial charge in [-0.15, -0.1) is 0 Å². The Bertz CT molecular complexity index is 1760. The highest BCUT2D eigenvalue weighted by Crippen LogP contribution is 2.50. The number of nitriles is 1. The highest BCUT2D eigenvalue weighted by molar-refractivity contribution is 7.52. The Balaban J connectivity index is 1.49. The molecule has 1 aliphatic carbocycles. The average molecular weight is 713 g/mol. The number of aromatic nitrogens is 3. The molecule has 2 fully saturated rings. The lowest BCUT2D eigenvalue weighted by atomic mass is 9.95. The minimum Gasteiger partial charge on any atom is -0.461 e. The molecule has 0 spiro atoms. The van der Waals surface area contributed by atoms with Gasteiger partial charge >= 0.3 is 25.7 Å². The van der Waals surface area contributed by atoms with Crippen LogP contribution < -0.4 is 15.3 Å². The molecule has 50 heavy (non-hydrogen) atoms. The number of nitrogen functional groups attached to an aromatic ring is 1. The van der Waals surface area contributed by atoms with Crippen molar-refractivity contribution in [2.75, 3.05) is 12.3 Å². The quantitative estimate of drug-likeness (QED) is 0.135. The zero-order valence-corrected chi connectivity index (χ0v) is 29.0. The van der Waals surface area contributed by atoms with E-state index < -0.39 is 62.2 Å². The molecule has 0 bridgehead atoms. The van der Waals surface area contributed by atoms with Crippen LogP contribution in [0.5, 0.6) is 5.75 Å². The van der Waals surface area contributed by atoms with Crippen molar-refractivity contribution < 1.29 is 46.9 Å². The van der Waals surface area contributed by atoms with Crippen molar-refractivity contribution in [3.8, 4) is 11.8 Å². The molecule has 1 saturated carbocycles. The fourth-order valence-corrected chi connectivity index (χ4v) is 7.34. The number of hydrogen-bond donors (Lipinski definition) is 2. The topological polar surface area (TPSA) is 216 Å². The predicted molar refractivity (Wildman–Crippen MR) is 176 cm³/mol. The number of esters is 3. The summed E-state index contributed by atoms with van der Waals surface area (Å²) in [7, 11) is -4.53. The smallest absolute Gasteiger partial charge is 0.459 e. The van der Waals surface area contributed by atoms with Gasteiger partial charge in [-0.1, -0.05) is 38.5 Å². The Labute approximate surface area is 289 Å². The van der Waals surface area contributed by atoms with E-state index in [2.05, 4.69) is 15.2 Å². The van der Waals surface area contributed by atoms with Crippen LogP contribution in [0.25, 0.3) is 5.52 Å². The summed E-state index contributed by atoms with van der Waals surface area (Å²) in [5.74, 6) is -1.78. The van der Waals surface area contributed by atoms with Gasteiger partial charge in [-0.3, -0.25) is 18.9 Å². The second kappa shape index (κ2) is 16.0. The highest BCUT2D eigenvalue weighted by atomic mass is 31.2. The number of nitrogens with two attached hydrogens (primary N) is 1. The molecule has 6 atom stereocenters. The summed E-state index contributed by atoms with van der Waals surface area (Å²) in [6.07, 6.45) is 0.996. The highest BCUT2D eigenvalue weighted by Gasteiger charge is 2.62. The van der Waals surface area contributed by atoms with Crippen molar-refractivity contribution in [3.63, 3.8) is 0 Å². The molecular formula is C33H41N6O10P. The normalized spacial score (nSPS) is 24.1. The summed E-state index contributed by atoms with van der Waals surface area (Å²) in [5.41, 5.74) is 4.51. The lowest BCUT2D eigenvalue weighted by Gasteiger charge is -2.30. The third-order valence-corrected chi connectivity index (χ3v) is 10.1. The Morgan fingerprint density at radius 1 is 1.08 bits per heavy atom. The molecule has 1 unspecified atom stereocenters. The Morgan fingerprint density at radius 2 is 1.78 bits per heavy atom. The monoisotopic (exact) mass is 712 g/mol. The third-order valence-electron chi connectivity index (χ3n) is 8.45. The predicted octanol–water partition coefficient (Wildman–Crippen LogP) is 4.35. The maximum Gasteiger partial charge on any atom is 0.459 e. The number of carbonyl (C=O) groups excluding carboxylic acids is 3. The SMILES string of the molecule is CCC(=O)O[C@H]1[C@H](c2ccc3c(N)ncnn23)O[C@](C#N)(CO[P@@](=O)(NC(C)C(=O)OC2CCCCC2)Oc2ccccc2)[C@H]1OC(=O)CC. The summed E-state index contributed by atoms with van der Waals surface area (Å²) >= 11 is 0. The summed E-state index contributed by atoms with van der Waals surface area (Å²) < 4.78 is 51.1. The maximum atomic E-state index is 14.5. The summed E-state index contributed by atoms with van der Waals surface area (Å²) in [6, 6.07) is 12.1. The first kappa shape index (κ1) is 36.7. The van der Waals surface area contributed by atoms with Gasteiger partial charge in [0, 0.05) is 12.8 Å². The molecule has 2 aliphatic rings. The minimum absolute atomic E-state index is 0.0450. The third kappa shape index (κ3) is 8.24. The van der Waals surface area contributed by atoms with E-state index in [1.807, 2.05) is 6.07 Å². The lowest BCUT2D eigenvalue weighted by molar-refractivity contribution is -0.169. The van der Waals surface area contributed by atoms with Crippen LogP contribution in [0.1, 0.15) is 77.5 Å². The largest absolute Gasteiger partial charge is 0.461 e.